The standard InChI is InChI=1S/C7H14N2O2/c8-7(11)6-2-1-3-9(6)4-5-10/h6,10H,1-5H2,(H2,8,11)/t6-/m0/s1. The number of nitrogens with two attached hydrogens (primary N) is 1. The number of β-amino-alcohol motifs (C(OH)–C–C–N with tert-alkyl or cyclic N) is 1. The molecule has 0 unspecified atom stereocenters. The van der Waals surface area contributed by atoms with Crippen LogP contribution in [0.25, 0.3) is 0 Å². The van der Waals surface area contributed by atoms with E-state index in [1.165, 1.54) is 0 Å². The first-order valence-corrected chi connectivity index (χ1v) is 3.90. The monoisotopic (exact) mass is 158 g/mol. The van der Waals surface area contributed by atoms with Crippen LogP contribution in [-0.4, -0.2) is 41.7 Å². The number of hydrogen-bond donors (Lipinski definition) is 2. The number of aliphatic hydroxyl groups excluding tert-OH is 1. The van der Waals surface area contributed by atoms with Crippen LogP contribution in [0.15, 0.2) is 0 Å². The Bertz CT molecular complexity index is 149. The van der Waals surface area contributed by atoms with Crippen molar-refractivity contribution in [1.29, 1.82) is 0 Å². The van der Waals surface area contributed by atoms with Crippen LogP contribution in [-0.2, 0) is 4.79 Å². The van der Waals surface area contributed by atoms with E-state index in [0.717, 1.165) is 19.4 Å². The molecular formula is C7H14N2O2. The molecule has 64 valence electrons. The fraction of sp³-hybridized carbons (Fsp3) is 0.857. The molecule has 0 aromatic carbocycles. The number of hydrogen-bond acceptors (Lipinski definition) is 3. The SMILES string of the molecule is NC(=O)[C@@H]1CCCN1CCO. The highest BCUT2D eigenvalue weighted by atomic mass is 16.3. The van der Waals surface area contributed by atoms with Crippen LogP contribution in [0.5, 0.6) is 0 Å². The molecule has 11 heavy (non-hydrogen) atoms. The summed E-state index contributed by atoms with van der Waals surface area (Å²) in [6.07, 6.45) is 1.85. The minimum absolute atomic E-state index is 0.101. The van der Waals surface area contributed by atoms with Gasteiger partial charge in [0.25, 0.3) is 0 Å². The van der Waals surface area contributed by atoms with Crippen LogP contribution in [0.1, 0.15) is 12.8 Å². The highest BCUT2D eigenvalue weighted by Crippen LogP contribution is 2.15. The van der Waals surface area contributed by atoms with E-state index in [9.17, 15) is 4.79 Å². The Morgan fingerprint density at radius 2 is 2.45 bits per heavy atom. The predicted octanol–water partition coefficient (Wildman–Crippen LogP) is -1.07. The predicted molar refractivity (Wildman–Crippen MR) is 40.9 cm³/mol. The second-order valence-corrected chi connectivity index (χ2v) is 2.82. The zero-order chi connectivity index (χ0) is 8.27. The van der Waals surface area contributed by atoms with Gasteiger partial charge in [-0.1, -0.05) is 0 Å². The summed E-state index contributed by atoms with van der Waals surface area (Å²) in [7, 11) is 0. The van der Waals surface area contributed by atoms with Crippen molar-refractivity contribution in [3.05, 3.63) is 0 Å². The van der Waals surface area contributed by atoms with Crippen LogP contribution < -0.4 is 5.73 Å². The maximum absolute atomic E-state index is 10.8. The van der Waals surface area contributed by atoms with Gasteiger partial charge in [0.05, 0.1) is 12.6 Å². The van der Waals surface area contributed by atoms with E-state index >= 15 is 0 Å². The Morgan fingerprint density at radius 1 is 1.73 bits per heavy atom. The molecule has 0 spiro atoms. The van der Waals surface area contributed by atoms with Gasteiger partial charge in [0.15, 0.2) is 0 Å². The molecule has 1 aliphatic heterocycles. The van der Waals surface area contributed by atoms with Crippen molar-refractivity contribution < 1.29 is 9.90 Å². The lowest BCUT2D eigenvalue weighted by Gasteiger charge is -2.19. The van der Waals surface area contributed by atoms with Crippen LogP contribution in [0.2, 0.25) is 0 Å². The van der Waals surface area contributed by atoms with Gasteiger partial charge in [0.2, 0.25) is 5.91 Å². The molecule has 3 N–H and O–H groups in total. The molecule has 1 heterocycles. The molecule has 1 aliphatic rings. The van der Waals surface area contributed by atoms with Gasteiger partial charge in [-0.2, -0.15) is 0 Å². The normalized spacial score (nSPS) is 25.7. The highest BCUT2D eigenvalue weighted by molar-refractivity contribution is 5.80. The zero-order valence-electron chi connectivity index (χ0n) is 6.49. The molecule has 0 aromatic heterocycles. The van der Waals surface area contributed by atoms with E-state index < -0.39 is 0 Å². The number of primary amides is 1. The van der Waals surface area contributed by atoms with E-state index in [0.29, 0.717) is 6.54 Å². The van der Waals surface area contributed by atoms with Gasteiger partial charge in [-0.15, -0.1) is 0 Å². The molecule has 4 nitrogen and oxygen atoms in total. The number of carbonyl (C=O) groups excluding carboxylic acids is 1. The van der Waals surface area contributed by atoms with E-state index in [4.69, 9.17) is 10.8 Å². The van der Waals surface area contributed by atoms with E-state index in [2.05, 4.69) is 0 Å². The minimum Gasteiger partial charge on any atom is -0.395 e. The van der Waals surface area contributed by atoms with Crippen LogP contribution in [0.4, 0.5) is 0 Å². The summed E-state index contributed by atoms with van der Waals surface area (Å²) in [5.41, 5.74) is 5.16. The van der Waals surface area contributed by atoms with Crippen LogP contribution in [0, 0.1) is 0 Å². The molecule has 4 heteroatoms. The number of likely N-dealkylation sites (tertiary alicyclic amines) is 1. The molecule has 0 aromatic rings. The summed E-state index contributed by atoms with van der Waals surface area (Å²) in [4.78, 5) is 12.7. The van der Waals surface area contributed by atoms with Gasteiger partial charge in [-0.25, -0.2) is 0 Å². The number of aliphatic hydroxyl groups is 1. The van der Waals surface area contributed by atoms with Crippen molar-refractivity contribution in [2.75, 3.05) is 19.7 Å². The van der Waals surface area contributed by atoms with Gasteiger partial charge in [-0.3, -0.25) is 9.69 Å². The van der Waals surface area contributed by atoms with Crippen molar-refractivity contribution in [1.82, 2.24) is 4.90 Å². The molecular weight excluding hydrogens is 144 g/mol. The van der Waals surface area contributed by atoms with Gasteiger partial charge >= 0.3 is 0 Å². The van der Waals surface area contributed by atoms with E-state index in [-0.39, 0.29) is 18.6 Å². The first kappa shape index (κ1) is 8.49. The summed E-state index contributed by atoms with van der Waals surface area (Å²) in [6.45, 7) is 1.55. The molecule has 0 bridgehead atoms. The molecule has 0 aliphatic carbocycles. The van der Waals surface area contributed by atoms with Crippen molar-refractivity contribution in [2.45, 2.75) is 18.9 Å². The first-order chi connectivity index (χ1) is 5.25. The van der Waals surface area contributed by atoms with Crippen molar-refractivity contribution in [2.24, 2.45) is 5.73 Å². The minimum atomic E-state index is -0.268. The van der Waals surface area contributed by atoms with Crippen LogP contribution in [0.3, 0.4) is 0 Å². The van der Waals surface area contributed by atoms with E-state index in [1.54, 1.807) is 0 Å². The second-order valence-electron chi connectivity index (χ2n) is 2.82. The van der Waals surface area contributed by atoms with E-state index in [1.807, 2.05) is 4.90 Å². The number of nitrogens with zero attached hydrogens (tertiary/aromatic N) is 1. The third-order valence-electron chi connectivity index (χ3n) is 2.08. The topological polar surface area (TPSA) is 66.6 Å². The van der Waals surface area contributed by atoms with Gasteiger partial charge < -0.3 is 10.8 Å². The Labute approximate surface area is 66.0 Å². The molecule has 1 rings (SSSR count). The summed E-state index contributed by atoms with van der Waals surface area (Å²) < 4.78 is 0. The number of amides is 1. The molecule has 1 amide bonds. The molecule has 1 saturated heterocycles. The summed E-state index contributed by atoms with van der Waals surface area (Å²) >= 11 is 0. The third kappa shape index (κ3) is 1.91. The summed E-state index contributed by atoms with van der Waals surface area (Å²) in [6, 6.07) is -0.137. The lowest BCUT2D eigenvalue weighted by molar-refractivity contribution is -0.122. The maximum atomic E-state index is 10.8. The average Bonchev–Trinajstić information content (AvgIpc) is 2.36. The van der Waals surface area contributed by atoms with Crippen molar-refractivity contribution in [3.8, 4) is 0 Å². The van der Waals surface area contributed by atoms with Gasteiger partial charge in [-0.05, 0) is 19.4 Å². The Kier molecular flexibility index (Phi) is 2.84. The lowest BCUT2D eigenvalue weighted by atomic mass is 10.2. The average molecular weight is 158 g/mol. The largest absolute Gasteiger partial charge is 0.395 e. The third-order valence-corrected chi connectivity index (χ3v) is 2.08. The quantitative estimate of drug-likeness (QED) is 0.549. The molecule has 1 fully saturated rings. The molecule has 0 radical (unpaired) electrons. The summed E-state index contributed by atoms with van der Waals surface area (Å²) in [5, 5.41) is 8.63. The fourth-order valence-electron chi connectivity index (χ4n) is 1.54. The van der Waals surface area contributed by atoms with Crippen LogP contribution >= 0.6 is 0 Å². The lowest BCUT2D eigenvalue weighted by Crippen LogP contribution is -2.41. The zero-order valence-corrected chi connectivity index (χ0v) is 6.49. The maximum Gasteiger partial charge on any atom is 0.234 e. The van der Waals surface area contributed by atoms with Crippen molar-refractivity contribution in [3.63, 3.8) is 0 Å². The molecule has 0 saturated carbocycles. The van der Waals surface area contributed by atoms with Gasteiger partial charge in [0.1, 0.15) is 0 Å². The highest BCUT2D eigenvalue weighted by Gasteiger charge is 2.27. The van der Waals surface area contributed by atoms with Gasteiger partial charge in [0, 0.05) is 6.54 Å². The Hall–Kier alpha value is -0.610. The second kappa shape index (κ2) is 3.69. The Balaban J connectivity index is 2.44. The number of rotatable bonds is 3. The smallest absolute Gasteiger partial charge is 0.234 e. The first-order valence-electron chi connectivity index (χ1n) is 3.90. The summed E-state index contributed by atoms with van der Waals surface area (Å²) in [5.74, 6) is -0.268. The fourth-order valence-corrected chi connectivity index (χ4v) is 1.54. The molecule has 1 atom stereocenters. The van der Waals surface area contributed by atoms with Crippen molar-refractivity contribution >= 4 is 5.91 Å². The number of carbonyl (C=O) groups is 1. The Morgan fingerprint density at radius 3 is 3.00 bits per heavy atom.